The van der Waals surface area contributed by atoms with Crippen molar-refractivity contribution in [2.75, 3.05) is 36.0 Å². The van der Waals surface area contributed by atoms with Crippen LogP contribution in [0, 0.1) is 0 Å². The van der Waals surface area contributed by atoms with E-state index in [2.05, 4.69) is 4.98 Å². The highest BCUT2D eigenvalue weighted by Gasteiger charge is 2.61. The van der Waals surface area contributed by atoms with E-state index in [1.165, 1.54) is 23.4 Å². The molecule has 6 aliphatic rings. The minimum absolute atomic E-state index is 0. The number of aromatic amines is 1. The number of nitrogens with one attached hydrogen (secondary N) is 1. The van der Waals surface area contributed by atoms with Crippen LogP contribution in [-0.4, -0.2) is 97.9 Å². The molecule has 2 aliphatic carbocycles. The lowest BCUT2D eigenvalue weighted by molar-refractivity contribution is -0.136. The molecule has 1 N–H and O–H groups in total. The summed E-state index contributed by atoms with van der Waals surface area (Å²) in [6.45, 7) is 9.25. The lowest BCUT2D eigenvalue weighted by Crippen LogP contribution is -2.65. The Labute approximate surface area is 383 Å². The number of hydrogen-bond donors (Lipinski definition) is 1. The average molecular weight is 915 g/mol. The van der Waals surface area contributed by atoms with Gasteiger partial charge >= 0.3 is 18.4 Å². The van der Waals surface area contributed by atoms with Crippen molar-refractivity contribution in [1.29, 1.82) is 0 Å². The van der Waals surface area contributed by atoms with Crippen LogP contribution in [0.3, 0.4) is 0 Å². The summed E-state index contributed by atoms with van der Waals surface area (Å²) in [6.07, 6.45) is 1.67. The van der Waals surface area contributed by atoms with Crippen molar-refractivity contribution in [3.63, 3.8) is 0 Å². The maximum atomic E-state index is 13.8. The Balaban J connectivity index is 0.000000180. The Morgan fingerprint density at radius 2 is 1.21 bits per heavy atom. The number of benzene rings is 2. The zero-order chi connectivity index (χ0) is 45.8. The number of anilines is 2. The predicted octanol–water partition coefficient (Wildman–Crippen LogP) is 8.32. The molecule has 17 heteroatoms. The topological polar surface area (TPSA) is 146 Å². The van der Waals surface area contributed by atoms with Gasteiger partial charge in [-0.1, -0.05) is 43.8 Å². The Kier molecular flexibility index (Phi) is 12.8. The largest absolute Gasteiger partial charge is 0.447 e. The Morgan fingerprint density at radius 1 is 0.712 bits per heavy atom. The summed E-state index contributed by atoms with van der Waals surface area (Å²) in [4.78, 5) is 71.6. The molecule has 0 radical (unpaired) electrons. The van der Waals surface area contributed by atoms with Gasteiger partial charge in [-0.3, -0.25) is 9.59 Å². The third-order valence-electron chi connectivity index (χ3n) is 13.5. The zero-order valence-electron chi connectivity index (χ0n) is 37.5. The van der Waals surface area contributed by atoms with E-state index in [1.54, 1.807) is 23.6 Å². The van der Waals surface area contributed by atoms with Crippen LogP contribution in [0.2, 0.25) is 0 Å². The summed E-state index contributed by atoms with van der Waals surface area (Å²) in [7, 11) is 0. The maximum Gasteiger partial charge on any atom is 0.410 e. The maximum absolute atomic E-state index is 13.8. The first-order valence-corrected chi connectivity index (χ1v) is 23.0. The lowest BCUT2D eigenvalue weighted by atomic mass is 9.75. The molecule has 66 heavy (non-hydrogen) atoms. The van der Waals surface area contributed by atoms with Crippen LogP contribution in [0.25, 0.3) is 0 Å². The van der Waals surface area contributed by atoms with Gasteiger partial charge in [0.15, 0.2) is 0 Å². The molecule has 2 fully saturated rings. The lowest BCUT2D eigenvalue weighted by Gasteiger charge is -2.46. The molecule has 0 atom stereocenters. The van der Waals surface area contributed by atoms with Crippen molar-refractivity contribution in [2.45, 2.75) is 148 Å². The number of para-hydroxylation sites is 2. The van der Waals surface area contributed by atoms with Crippen molar-refractivity contribution in [2.24, 2.45) is 0 Å². The normalized spacial score (nSPS) is 18.6. The summed E-state index contributed by atoms with van der Waals surface area (Å²) < 4.78 is 51.0. The number of carbonyl (C=O) groups is 4. The number of carbonyl (C=O) groups excluding carboxylic acids is 4. The minimum atomic E-state index is -4.20. The molecule has 354 valence electrons. The van der Waals surface area contributed by atoms with Gasteiger partial charge in [-0.15, -0.1) is 0 Å². The molecule has 0 saturated carbocycles. The van der Waals surface area contributed by atoms with Crippen LogP contribution in [0.4, 0.5) is 34.1 Å². The van der Waals surface area contributed by atoms with Crippen LogP contribution in [0.5, 0.6) is 0 Å². The number of amides is 4. The third-order valence-corrected chi connectivity index (χ3v) is 13.5. The Bertz CT molecular complexity index is 2460. The number of H-pyrrole nitrogens is 1. The summed E-state index contributed by atoms with van der Waals surface area (Å²) >= 11 is 0. The number of likely N-dealkylation sites (tertiary alicyclic amines) is 2. The second-order valence-electron chi connectivity index (χ2n) is 18.9. The fourth-order valence-corrected chi connectivity index (χ4v) is 10.5. The van der Waals surface area contributed by atoms with Gasteiger partial charge in [0.1, 0.15) is 22.5 Å². The van der Waals surface area contributed by atoms with Crippen molar-refractivity contribution < 1.29 is 41.8 Å². The van der Waals surface area contributed by atoms with Gasteiger partial charge in [0, 0.05) is 61.9 Å². The van der Waals surface area contributed by atoms with Crippen LogP contribution >= 0.6 is 0 Å². The molecule has 4 aromatic rings. The third kappa shape index (κ3) is 8.53. The second kappa shape index (κ2) is 18.1. The highest BCUT2D eigenvalue weighted by molar-refractivity contribution is 6.10. The quantitative estimate of drug-likeness (QED) is 0.177. The van der Waals surface area contributed by atoms with E-state index in [9.17, 15) is 32.3 Å². The van der Waals surface area contributed by atoms with Gasteiger partial charge in [0.05, 0.1) is 36.7 Å². The summed E-state index contributed by atoms with van der Waals surface area (Å²) in [6, 6.07) is 15.4. The van der Waals surface area contributed by atoms with Gasteiger partial charge in [-0.05, 0) is 109 Å². The SMILES string of the molecule is C.CC(C)OC(=O)N1CC2(C1)C(=O)N(Cc1nc3c([nH]1)CCCC3)c1ccccc12.CC(C)OC(=O)N1CC2(C1)C(=O)N(Cc1nc3c(n1CCCC(F)(F)F)CCCC3)c1ccccc12. The fraction of sp³-hybridized carbons (Fsp3) is 0.551. The number of aromatic nitrogens is 4. The number of halogens is 3. The first-order valence-electron chi connectivity index (χ1n) is 23.0. The van der Waals surface area contributed by atoms with Crippen molar-refractivity contribution >= 4 is 35.4 Å². The van der Waals surface area contributed by atoms with Crippen LogP contribution < -0.4 is 9.80 Å². The van der Waals surface area contributed by atoms with Gasteiger partial charge < -0.3 is 38.6 Å². The number of nitrogens with zero attached hydrogens (tertiary/aromatic N) is 7. The molecule has 2 aromatic carbocycles. The first kappa shape index (κ1) is 46.7. The van der Waals surface area contributed by atoms with E-state index >= 15 is 0 Å². The van der Waals surface area contributed by atoms with Gasteiger partial charge in [0.2, 0.25) is 11.8 Å². The molecule has 0 bridgehead atoms. The smallest absolute Gasteiger partial charge is 0.410 e. The molecule has 2 spiro atoms. The molecular weight excluding hydrogens is 854 g/mol. The van der Waals surface area contributed by atoms with E-state index in [4.69, 9.17) is 19.4 Å². The van der Waals surface area contributed by atoms with Gasteiger partial charge in [0.25, 0.3) is 0 Å². The summed E-state index contributed by atoms with van der Waals surface area (Å²) in [5, 5.41) is 0. The van der Waals surface area contributed by atoms with Crippen LogP contribution in [0.1, 0.15) is 119 Å². The fourth-order valence-electron chi connectivity index (χ4n) is 10.5. The Morgan fingerprint density at radius 3 is 1.74 bits per heavy atom. The molecule has 2 aromatic heterocycles. The molecular formula is C49H61F3N8O6. The standard InChI is InChI=1S/C26H31F3N4O3.C22H26N4O3.CH4/c1-17(2)36-24(35)31-15-25(16-31)18-8-3-5-10-20(18)33(23(25)34)14-22-30-19-9-4-6-11-21(19)32(22)13-7-12-26(27,28)29;1-14(2)29-21(28)25-12-22(13-25)15-7-3-6-10-18(15)26(20(22)27)11-19-23-16-8-4-5-9-17(16)24-19;/h3,5,8,10,17H,4,6-7,9,11-16H2,1-2H3;3,6-7,10,14H,4-5,8-9,11-13H2,1-2H3,(H,23,24);1H4. The van der Waals surface area contributed by atoms with Gasteiger partial charge in [-0.2, -0.15) is 13.2 Å². The number of imidazole rings is 2. The number of alkyl halides is 3. The van der Waals surface area contributed by atoms with Crippen molar-refractivity contribution in [3.05, 3.63) is 94.1 Å². The Hall–Kier alpha value is -5.87. The minimum Gasteiger partial charge on any atom is -0.447 e. The number of rotatable bonds is 9. The van der Waals surface area contributed by atoms with Gasteiger partial charge in [-0.25, -0.2) is 19.6 Å². The highest BCUT2D eigenvalue weighted by Crippen LogP contribution is 2.49. The van der Waals surface area contributed by atoms with E-state index in [0.717, 1.165) is 83.9 Å². The monoisotopic (exact) mass is 914 g/mol. The first-order chi connectivity index (χ1) is 31.1. The van der Waals surface area contributed by atoms with Crippen molar-refractivity contribution in [1.82, 2.24) is 29.3 Å². The van der Waals surface area contributed by atoms with E-state index in [1.807, 2.05) is 71.8 Å². The molecule has 10 rings (SSSR count). The zero-order valence-corrected chi connectivity index (χ0v) is 37.5. The molecule has 14 nitrogen and oxygen atoms in total. The number of hydrogen-bond acceptors (Lipinski definition) is 8. The van der Waals surface area contributed by atoms with E-state index in [0.29, 0.717) is 25.5 Å². The number of aryl methyl sites for hydroxylation is 3. The van der Waals surface area contributed by atoms with E-state index < -0.39 is 29.5 Å². The predicted molar refractivity (Wildman–Crippen MR) is 241 cm³/mol. The molecule has 6 heterocycles. The number of fused-ring (bicyclic) bond motifs is 6. The average Bonchev–Trinajstić information content (AvgIpc) is 3.94. The summed E-state index contributed by atoms with van der Waals surface area (Å²) in [5.74, 6) is 1.40. The van der Waals surface area contributed by atoms with Crippen molar-refractivity contribution in [3.8, 4) is 0 Å². The molecule has 4 aliphatic heterocycles. The van der Waals surface area contributed by atoms with Crippen LogP contribution in [-0.2, 0) is 75.2 Å². The summed E-state index contributed by atoms with van der Waals surface area (Å²) in [5.41, 5.74) is 6.34. The molecule has 2 saturated heterocycles. The molecule has 0 unspecified atom stereocenters. The molecule has 4 amide bonds. The second-order valence-corrected chi connectivity index (χ2v) is 18.9. The number of ether oxygens (including phenoxy) is 2. The highest BCUT2D eigenvalue weighted by atomic mass is 19.4. The van der Waals surface area contributed by atoms with E-state index in [-0.39, 0.29) is 70.1 Å². The van der Waals surface area contributed by atoms with Crippen LogP contribution in [0.15, 0.2) is 48.5 Å².